The van der Waals surface area contributed by atoms with Crippen LogP contribution in [0.25, 0.3) is 0 Å². The van der Waals surface area contributed by atoms with Gasteiger partial charge in [-0.15, -0.1) is 0 Å². The Balaban J connectivity index is 2.35. The van der Waals surface area contributed by atoms with E-state index in [9.17, 15) is 9.90 Å². The number of benzene rings is 1. The molecule has 0 bridgehead atoms. The van der Waals surface area contributed by atoms with Crippen molar-refractivity contribution in [2.24, 2.45) is 0 Å². The van der Waals surface area contributed by atoms with E-state index >= 15 is 0 Å². The molecule has 0 saturated carbocycles. The Hall–Kier alpha value is -1.59. The number of carboxylic acid groups (broad SMARTS) is 1. The van der Waals surface area contributed by atoms with Crippen molar-refractivity contribution >= 4 is 6.09 Å². The average Bonchev–Trinajstić information content (AvgIpc) is 2.53. The Bertz CT molecular complexity index is 468. The van der Waals surface area contributed by atoms with Gasteiger partial charge in [0.1, 0.15) is 0 Å². The van der Waals surface area contributed by atoms with Gasteiger partial charge in [0.05, 0.1) is 5.54 Å². The Morgan fingerprint density at radius 3 is 2.27 bits per heavy atom. The third-order valence-corrected chi connectivity index (χ3v) is 4.55. The Kier molecular flexibility index (Phi) is 5.80. The molecule has 0 aliphatic carbocycles. The summed E-state index contributed by atoms with van der Waals surface area (Å²) in [4.78, 5) is 12.0. The van der Waals surface area contributed by atoms with Crippen LogP contribution < -0.4 is 5.32 Å². The van der Waals surface area contributed by atoms with Crippen LogP contribution >= 0.6 is 0 Å². The lowest BCUT2D eigenvalue weighted by molar-refractivity contribution is -0.0914. The van der Waals surface area contributed by atoms with Crippen molar-refractivity contribution in [3.63, 3.8) is 0 Å². The highest BCUT2D eigenvalue weighted by atomic mass is 16.4. The van der Waals surface area contributed by atoms with E-state index in [-0.39, 0.29) is 5.54 Å². The fourth-order valence-corrected chi connectivity index (χ4v) is 3.46. The number of amides is 1. The Labute approximate surface area is 132 Å². The van der Waals surface area contributed by atoms with Crippen molar-refractivity contribution in [3.8, 4) is 0 Å². The van der Waals surface area contributed by atoms with E-state index in [1.54, 1.807) is 5.01 Å². The summed E-state index contributed by atoms with van der Waals surface area (Å²) < 4.78 is 0. The van der Waals surface area contributed by atoms with Gasteiger partial charge in [-0.3, -0.25) is 0 Å². The largest absolute Gasteiger partial charge is 0.464 e. The van der Waals surface area contributed by atoms with E-state index in [0.717, 1.165) is 32.4 Å². The summed E-state index contributed by atoms with van der Waals surface area (Å²) in [6.45, 7) is 7.14. The van der Waals surface area contributed by atoms with Crippen LogP contribution in [0.15, 0.2) is 30.3 Å². The number of nitrogens with one attached hydrogen (secondary N) is 1. The van der Waals surface area contributed by atoms with Gasteiger partial charge in [-0.1, -0.05) is 44.2 Å². The van der Waals surface area contributed by atoms with Gasteiger partial charge in [0.15, 0.2) is 0 Å². The zero-order valence-corrected chi connectivity index (χ0v) is 13.6. The van der Waals surface area contributed by atoms with Gasteiger partial charge in [-0.05, 0) is 37.9 Å². The minimum atomic E-state index is -0.846. The molecular weight excluding hydrogens is 278 g/mol. The molecule has 0 radical (unpaired) electrons. The molecule has 1 aromatic carbocycles. The number of nitrogens with zero attached hydrogens (tertiary/aromatic N) is 2. The van der Waals surface area contributed by atoms with Gasteiger partial charge in [-0.2, -0.15) is 0 Å². The van der Waals surface area contributed by atoms with Crippen LogP contribution in [0.4, 0.5) is 4.79 Å². The lowest BCUT2D eigenvalue weighted by Gasteiger charge is -2.49. The van der Waals surface area contributed by atoms with Crippen LogP contribution in [-0.4, -0.2) is 52.9 Å². The molecular formula is C17H27N3O2. The Morgan fingerprint density at radius 2 is 1.77 bits per heavy atom. The number of hydrazine groups is 1. The van der Waals surface area contributed by atoms with Gasteiger partial charge in [0, 0.05) is 13.1 Å². The molecule has 22 heavy (non-hydrogen) atoms. The molecule has 2 N–H and O–H groups in total. The van der Waals surface area contributed by atoms with Gasteiger partial charge in [0.25, 0.3) is 0 Å². The van der Waals surface area contributed by atoms with Gasteiger partial charge in [-0.25, -0.2) is 14.8 Å². The first-order valence-electron chi connectivity index (χ1n) is 8.15. The second-order valence-corrected chi connectivity index (χ2v) is 5.87. The van der Waals surface area contributed by atoms with Crippen LogP contribution in [-0.2, 0) is 6.42 Å². The molecule has 0 aromatic heterocycles. The first-order chi connectivity index (χ1) is 10.6. The van der Waals surface area contributed by atoms with Crippen molar-refractivity contribution in [1.82, 2.24) is 15.3 Å². The predicted molar refractivity (Wildman–Crippen MR) is 87.8 cm³/mol. The maximum atomic E-state index is 12.0. The zero-order valence-electron chi connectivity index (χ0n) is 13.6. The molecule has 5 heteroatoms. The predicted octanol–water partition coefficient (Wildman–Crippen LogP) is 2.59. The summed E-state index contributed by atoms with van der Waals surface area (Å²) in [6.07, 6.45) is 1.59. The molecule has 2 rings (SSSR count). The summed E-state index contributed by atoms with van der Waals surface area (Å²) in [5.74, 6) is 0. The number of carbonyl (C=O) groups is 1. The summed E-state index contributed by atoms with van der Waals surface area (Å²) in [5.41, 5.74) is 0.840. The lowest BCUT2D eigenvalue weighted by atomic mass is 9.81. The van der Waals surface area contributed by atoms with Crippen LogP contribution in [0.2, 0.25) is 0 Å². The Morgan fingerprint density at radius 1 is 1.18 bits per heavy atom. The standard InChI is InChI=1S/C17H27N3O2/c1-3-19(4-2)20(16(21)22)17(10-12-18-13-11-17)14-15-8-6-5-7-9-15/h5-9,18H,3-4,10-14H2,1-2H3,(H,21,22). The van der Waals surface area contributed by atoms with Crippen molar-refractivity contribution in [2.75, 3.05) is 26.2 Å². The van der Waals surface area contributed by atoms with Crippen molar-refractivity contribution in [1.29, 1.82) is 0 Å². The lowest BCUT2D eigenvalue weighted by Crippen LogP contribution is -2.63. The molecule has 1 aliphatic rings. The highest BCUT2D eigenvalue weighted by molar-refractivity contribution is 5.65. The highest BCUT2D eigenvalue weighted by Gasteiger charge is 2.43. The molecule has 0 spiro atoms. The summed E-state index contributed by atoms with van der Waals surface area (Å²) in [7, 11) is 0. The van der Waals surface area contributed by atoms with E-state index < -0.39 is 6.09 Å². The maximum absolute atomic E-state index is 12.0. The number of piperidine rings is 1. The highest BCUT2D eigenvalue weighted by Crippen LogP contribution is 2.32. The van der Waals surface area contributed by atoms with Crippen LogP contribution in [0, 0.1) is 0 Å². The van der Waals surface area contributed by atoms with E-state index in [4.69, 9.17) is 0 Å². The molecule has 0 atom stereocenters. The van der Waals surface area contributed by atoms with Gasteiger partial charge >= 0.3 is 6.09 Å². The van der Waals surface area contributed by atoms with E-state index in [2.05, 4.69) is 17.4 Å². The summed E-state index contributed by atoms with van der Waals surface area (Å²) in [6, 6.07) is 10.2. The van der Waals surface area contributed by atoms with E-state index in [0.29, 0.717) is 13.1 Å². The third kappa shape index (κ3) is 3.59. The molecule has 1 amide bonds. The molecule has 5 nitrogen and oxygen atoms in total. The second kappa shape index (κ2) is 7.61. The quantitative estimate of drug-likeness (QED) is 0.793. The second-order valence-electron chi connectivity index (χ2n) is 5.87. The fraction of sp³-hybridized carbons (Fsp3) is 0.588. The zero-order chi connectivity index (χ0) is 16.0. The van der Waals surface area contributed by atoms with Gasteiger partial charge < -0.3 is 10.4 Å². The molecule has 1 aromatic rings. The summed E-state index contributed by atoms with van der Waals surface area (Å²) >= 11 is 0. The minimum absolute atomic E-state index is 0.357. The molecule has 1 heterocycles. The molecule has 1 aliphatic heterocycles. The fourth-order valence-electron chi connectivity index (χ4n) is 3.46. The summed E-state index contributed by atoms with van der Waals surface area (Å²) in [5, 5.41) is 16.8. The van der Waals surface area contributed by atoms with Crippen LogP contribution in [0.1, 0.15) is 32.3 Å². The van der Waals surface area contributed by atoms with Crippen molar-refractivity contribution < 1.29 is 9.90 Å². The van der Waals surface area contributed by atoms with Crippen molar-refractivity contribution in [3.05, 3.63) is 35.9 Å². The van der Waals surface area contributed by atoms with Crippen molar-refractivity contribution in [2.45, 2.75) is 38.6 Å². The number of rotatable bonds is 6. The molecule has 122 valence electrons. The van der Waals surface area contributed by atoms with Crippen LogP contribution in [0.5, 0.6) is 0 Å². The van der Waals surface area contributed by atoms with E-state index in [1.807, 2.05) is 37.1 Å². The smallest absolute Gasteiger partial charge is 0.422 e. The maximum Gasteiger partial charge on any atom is 0.422 e. The minimum Gasteiger partial charge on any atom is -0.464 e. The first-order valence-corrected chi connectivity index (χ1v) is 8.15. The number of hydrogen-bond donors (Lipinski definition) is 2. The molecule has 1 saturated heterocycles. The third-order valence-electron chi connectivity index (χ3n) is 4.55. The molecule has 0 unspecified atom stereocenters. The van der Waals surface area contributed by atoms with E-state index in [1.165, 1.54) is 5.56 Å². The average molecular weight is 305 g/mol. The normalized spacial score (nSPS) is 17.4. The van der Waals surface area contributed by atoms with Gasteiger partial charge in [0.2, 0.25) is 0 Å². The number of hydrogen-bond acceptors (Lipinski definition) is 3. The molecule has 1 fully saturated rings. The SMILES string of the molecule is CCN(CC)N(C(=O)O)C1(Cc2ccccc2)CCNCC1. The monoisotopic (exact) mass is 305 g/mol. The first kappa shape index (κ1) is 16.8. The van der Waals surface area contributed by atoms with Crippen LogP contribution in [0.3, 0.4) is 0 Å². The topological polar surface area (TPSA) is 55.8 Å².